The fraction of sp³-hybridized carbons (Fsp3) is 0.818. The molecule has 0 aliphatic rings. The van der Waals surface area contributed by atoms with Gasteiger partial charge in [0.05, 0.1) is 0 Å². The average Bonchev–Trinajstić information content (AvgIpc) is 2.10. The summed E-state index contributed by atoms with van der Waals surface area (Å²) in [6.07, 6.45) is 12.4. The third kappa shape index (κ3) is 9.54. The van der Waals surface area contributed by atoms with E-state index in [4.69, 9.17) is 0 Å². The average molecular weight is 169 g/mol. The van der Waals surface area contributed by atoms with Crippen LogP contribution in [0, 0.1) is 0 Å². The Hall–Kier alpha value is -0.460. The molecule has 0 heterocycles. The Kier molecular flexibility index (Phi) is 10.1. The van der Waals surface area contributed by atoms with E-state index in [1.165, 1.54) is 38.5 Å². The van der Waals surface area contributed by atoms with Crippen molar-refractivity contribution in [1.29, 1.82) is 0 Å². The van der Waals surface area contributed by atoms with Crippen LogP contribution >= 0.6 is 0 Å². The van der Waals surface area contributed by atoms with Crippen molar-refractivity contribution in [3.8, 4) is 0 Å². The fourth-order valence-corrected chi connectivity index (χ4v) is 1.15. The number of hydrogen-bond donors (Lipinski definition) is 1. The van der Waals surface area contributed by atoms with E-state index in [-0.39, 0.29) is 0 Å². The molecule has 0 saturated heterocycles. The van der Waals surface area contributed by atoms with Crippen LogP contribution in [0.2, 0.25) is 0 Å². The van der Waals surface area contributed by atoms with Crippen molar-refractivity contribution >= 4 is 0 Å². The van der Waals surface area contributed by atoms with Gasteiger partial charge in [-0.05, 0) is 26.0 Å². The van der Waals surface area contributed by atoms with Gasteiger partial charge in [0.1, 0.15) is 0 Å². The molecule has 0 rings (SSSR count). The van der Waals surface area contributed by atoms with Gasteiger partial charge in [0.25, 0.3) is 0 Å². The van der Waals surface area contributed by atoms with Gasteiger partial charge < -0.3 is 5.32 Å². The van der Waals surface area contributed by atoms with Crippen LogP contribution in [0.5, 0.6) is 0 Å². The molecule has 0 aromatic rings. The van der Waals surface area contributed by atoms with Gasteiger partial charge >= 0.3 is 0 Å². The number of allylic oxidation sites excluding steroid dienone is 1. The molecule has 1 heteroatoms. The van der Waals surface area contributed by atoms with E-state index in [2.05, 4.69) is 31.4 Å². The lowest BCUT2D eigenvalue weighted by Gasteiger charge is -1.96. The van der Waals surface area contributed by atoms with E-state index in [1.54, 1.807) is 0 Å². The van der Waals surface area contributed by atoms with Gasteiger partial charge in [-0.15, -0.1) is 0 Å². The maximum absolute atomic E-state index is 3.17. The smallest absolute Gasteiger partial charge is 0.0112 e. The number of unbranched alkanes of at least 4 members (excludes halogenated alkanes) is 5. The molecule has 0 amide bonds. The summed E-state index contributed by atoms with van der Waals surface area (Å²) >= 11 is 0. The molecule has 12 heavy (non-hydrogen) atoms. The lowest BCUT2D eigenvalue weighted by molar-refractivity contribution is 0.636. The molecule has 0 spiro atoms. The number of rotatable bonds is 8. The van der Waals surface area contributed by atoms with E-state index < -0.39 is 0 Å². The van der Waals surface area contributed by atoms with Gasteiger partial charge in [-0.3, -0.25) is 0 Å². The van der Waals surface area contributed by atoms with Crippen molar-refractivity contribution < 1.29 is 0 Å². The van der Waals surface area contributed by atoms with E-state index in [0.29, 0.717) is 0 Å². The van der Waals surface area contributed by atoms with Crippen LogP contribution in [0.25, 0.3) is 0 Å². The molecule has 0 fully saturated rings. The highest BCUT2D eigenvalue weighted by Crippen LogP contribution is 2.04. The maximum atomic E-state index is 3.17. The zero-order valence-electron chi connectivity index (χ0n) is 8.60. The zero-order valence-corrected chi connectivity index (χ0v) is 8.60. The highest BCUT2D eigenvalue weighted by molar-refractivity contribution is 4.78. The van der Waals surface area contributed by atoms with Gasteiger partial charge in [-0.1, -0.05) is 38.7 Å². The normalized spacial score (nSPS) is 10.8. The molecule has 0 aromatic carbocycles. The Labute approximate surface area is 77.2 Å². The van der Waals surface area contributed by atoms with Gasteiger partial charge in [0.2, 0.25) is 0 Å². The molecule has 0 bridgehead atoms. The molecule has 0 unspecified atom stereocenters. The predicted molar refractivity (Wildman–Crippen MR) is 56.2 cm³/mol. The maximum Gasteiger partial charge on any atom is 0.0112 e. The molecule has 1 nitrogen and oxygen atoms in total. The topological polar surface area (TPSA) is 12.0 Å². The van der Waals surface area contributed by atoms with E-state index in [0.717, 1.165) is 6.54 Å². The molecule has 0 atom stereocenters. The molecule has 0 aliphatic heterocycles. The van der Waals surface area contributed by atoms with Crippen molar-refractivity contribution in [1.82, 2.24) is 5.32 Å². The van der Waals surface area contributed by atoms with Crippen LogP contribution in [0.4, 0.5) is 0 Å². The summed E-state index contributed by atoms with van der Waals surface area (Å²) in [5.74, 6) is 0. The van der Waals surface area contributed by atoms with Gasteiger partial charge in [0.15, 0.2) is 0 Å². The summed E-state index contributed by atoms with van der Waals surface area (Å²) in [4.78, 5) is 0. The van der Waals surface area contributed by atoms with Gasteiger partial charge in [0, 0.05) is 6.54 Å². The van der Waals surface area contributed by atoms with Crippen LogP contribution in [-0.2, 0) is 0 Å². The fourth-order valence-electron chi connectivity index (χ4n) is 1.15. The van der Waals surface area contributed by atoms with Crippen LogP contribution < -0.4 is 5.32 Å². The predicted octanol–water partition coefficient (Wildman–Crippen LogP) is 3.47. The summed E-state index contributed by atoms with van der Waals surface area (Å²) in [6, 6.07) is 0. The Morgan fingerprint density at radius 3 is 2.42 bits per heavy atom. The first kappa shape index (κ1) is 11.5. The van der Waals surface area contributed by atoms with Crippen molar-refractivity contribution in [2.75, 3.05) is 6.54 Å². The van der Waals surface area contributed by atoms with Crippen LogP contribution in [0.15, 0.2) is 12.3 Å². The highest BCUT2D eigenvalue weighted by atomic mass is 14.8. The molecule has 0 radical (unpaired) electrons. The summed E-state index contributed by atoms with van der Waals surface area (Å²) in [7, 11) is 0. The van der Waals surface area contributed by atoms with Crippen molar-refractivity contribution in [3.63, 3.8) is 0 Å². The quantitative estimate of drug-likeness (QED) is 0.549. The summed E-state index contributed by atoms with van der Waals surface area (Å²) < 4.78 is 0. The van der Waals surface area contributed by atoms with E-state index >= 15 is 0 Å². The lowest BCUT2D eigenvalue weighted by Crippen LogP contribution is -2.01. The second-order valence-electron chi connectivity index (χ2n) is 3.16. The van der Waals surface area contributed by atoms with Crippen LogP contribution in [-0.4, -0.2) is 6.54 Å². The standard InChI is InChI=1S/C11H23N/c1-3-5-6-7-8-9-10-11-12-4-2/h10-12H,3-9H2,1-2H3/b11-10+. The Balaban J connectivity index is 2.90. The monoisotopic (exact) mass is 169 g/mol. The Bertz CT molecular complexity index is 97.2. The lowest BCUT2D eigenvalue weighted by atomic mass is 10.1. The largest absolute Gasteiger partial charge is 0.391 e. The Morgan fingerprint density at radius 1 is 1.00 bits per heavy atom. The van der Waals surface area contributed by atoms with Crippen molar-refractivity contribution in [2.45, 2.75) is 52.4 Å². The Morgan fingerprint density at radius 2 is 1.75 bits per heavy atom. The minimum absolute atomic E-state index is 1.03. The molecular formula is C11H23N. The highest BCUT2D eigenvalue weighted by Gasteiger charge is 1.85. The zero-order chi connectivity index (χ0) is 9.07. The first-order chi connectivity index (χ1) is 5.91. The summed E-state index contributed by atoms with van der Waals surface area (Å²) in [6.45, 7) is 5.41. The van der Waals surface area contributed by atoms with Crippen LogP contribution in [0.3, 0.4) is 0 Å². The number of hydrogen-bond acceptors (Lipinski definition) is 1. The summed E-state index contributed by atoms with van der Waals surface area (Å²) in [5.41, 5.74) is 0. The molecule has 0 aliphatic carbocycles. The van der Waals surface area contributed by atoms with Gasteiger partial charge in [-0.25, -0.2) is 0 Å². The van der Waals surface area contributed by atoms with Crippen molar-refractivity contribution in [3.05, 3.63) is 12.3 Å². The van der Waals surface area contributed by atoms with Gasteiger partial charge in [-0.2, -0.15) is 0 Å². The molecule has 0 saturated carbocycles. The van der Waals surface area contributed by atoms with E-state index in [1.807, 2.05) is 0 Å². The number of nitrogens with one attached hydrogen (secondary N) is 1. The molecular weight excluding hydrogens is 146 g/mol. The third-order valence-corrected chi connectivity index (χ3v) is 1.91. The van der Waals surface area contributed by atoms with Crippen LogP contribution in [0.1, 0.15) is 52.4 Å². The first-order valence-corrected chi connectivity index (χ1v) is 5.30. The summed E-state index contributed by atoms with van der Waals surface area (Å²) in [5, 5.41) is 3.17. The third-order valence-electron chi connectivity index (χ3n) is 1.91. The van der Waals surface area contributed by atoms with Crippen molar-refractivity contribution in [2.24, 2.45) is 0 Å². The SMILES string of the molecule is CCCCCCC/C=C/NCC. The minimum Gasteiger partial charge on any atom is -0.391 e. The molecule has 1 N–H and O–H groups in total. The molecule has 0 aromatic heterocycles. The second-order valence-corrected chi connectivity index (χ2v) is 3.16. The second kappa shape index (κ2) is 10.5. The first-order valence-electron chi connectivity index (χ1n) is 5.30. The molecule has 72 valence electrons. The van der Waals surface area contributed by atoms with E-state index in [9.17, 15) is 0 Å². The minimum atomic E-state index is 1.03.